The normalized spacial score (nSPS) is 15.5. The Kier molecular flexibility index (Phi) is 5.45. The molecule has 0 bridgehead atoms. The van der Waals surface area contributed by atoms with Crippen molar-refractivity contribution in [3.05, 3.63) is 67.8 Å². The van der Waals surface area contributed by atoms with Gasteiger partial charge in [0.25, 0.3) is 5.91 Å². The monoisotopic (exact) mass is 424 g/mol. The lowest BCUT2D eigenvalue weighted by Crippen LogP contribution is -2.27. The van der Waals surface area contributed by atoms with Gasteiger partial charge in [0.2, 0.25) is 0 Å². The van der Waals surface area contributed by atoms with Crippen LogP contribution >= 0.6 is 35.6 Å². The Morgan fingerprint density at radius 1 is 1.33 bits per heavy atom. The molecule has 138 valence electrons. The number of nitro groups is 1. The molecule has 0 aromatic heterocycles. The summed E-state index contributed by atoms with van der Waals surface area (Å²) in [5.41, 5.74) is 0.570. The molecule has 0 unspecified atom stereocenters. The van der Waals surface area contributed by atoms with Crippen LogP contribution in [0.15, 0.2) is 41.3 Å². The number of nitrogens with zero attached hydrogens (tertiary/aromatic N) is 2. The van der Waals surface area contributed by atoms with Gasteiger partial charge < -0.3 is 4.74 Å². The number of carbonyl (C=O) groups excluding carboxylic acids is 1. The number of hydrogen-bond donors (Lipinski definition) is 0. The highest BCUT2D eigenvalue weighted by Gasteiger charge is 2.33. The highest BCUT2D eigenvalue weighted by Crippen LogP contribution is 2.38. The largest absolute Gasteiger partial charge is 0.490 e. The fourth-order valence-corrected chi connectivity index (χ4v) is 3.88. The number of amides is 1. The molecule has 1 saturated heterocycles. The summed E-state index contributed by atoms with van der Waals surface area (Å²) in [5.74, 6) is -0.913. The van der Waals surface area contributed by atoms with Crippen molar-refractivity contribution in [2.24, 2.45) is 0 Å². The van der Waals surface area contributed by atoms with Gasteiger partial charge in [0.1, 0.15) is 5.82 Å². The molecular formula is C17H10ClFN2O4S2. The van der Waals surface area contributed by atoms with E-state index in [0.29, 0.717) is 11.3 Å². The van der Waals surface area contributed by atoms with Crippen molar-refractivity contribution in [2.75, 3.05) is 12.0 Å². The van der Waals surface area contributed by atoms with Crippen LogP contribution in [0, 0.1) is 15.9 Å². The number of thiocarbonyl (C=S) groups is 1. The number of methoxy groups -OCH3 is 1. The van der Waals surface area contributed by atoms with Gasteiger partial charge >= 0.3 is 5.69 Å². The molecule has 27 heavy (non-hydrogen) atoms. The zero-order valence-corrected chi connectivity index (χ0v) is 16.0. The van der Waals surface area contributed by atoms with Crippen molar-refractivity contribution in [2.45, 2.75) is 0 Å². The summed E-state index contributed by atoms with van der Waals surface area (Å²) >= 11 is 12.1. The van der Waals surface area contributed by atoms with Gasteiger partial charge in [-0.3, -0.25) is 19.8 Å². The van der Waals surface area contributed by atoms with E-state index in [9.17, 15) is 19.3 Å². The first kappa shape index (κ1) is 19.3. The Hall–Kier alpha value is -2.49. The molecular weight excluding hydrogens is 415 g/mol. The molecule has 1 fully saturated rings. The number of benzene rings is 2. The molecule has 0 spiro atoms. The SMILES string of the molecule is COc1ccc(/C=C2/SC(=S)N(c3ccc(F)c(Cl)c3)C2=O)cc1[N+](=O)[O-]. The van der Waals surface area contributed by atoms with Crippen molar-refractivity contribution in [1.29, 1.82) is 0 Å². The lowest BCUT2D eigenvalue weighted by atomic mass is 10.1. The van der Waals surface area contributed by atoms with Crippen LogP contribution in [0.4, 0.5) is 15.8 Å². The summed E-state index contributed by atoms with van der Waals surface area (Å²) in [6, 6.07) is 8.19. The summed E-state index contributed by atoms with van der Waals surface area (Å²) in [6.45, 7) is 0. The molecule has 1 heterocycles. The first-order valence-electron chi connectivity index (χ1n) is 7.37. The van der Waals surface area contributed by atoms with Gasteiger partial charge in [0.15, 0.2) is 10.1 Å². The molecule has 6 nitrogen and oxygen atoms in total. The van der Waals surface area contributed by atoms with E-state index in [4.69, 9.17) is 28.6 Å². The Morgan fingerprint density at radius 3 is 2.70 bits per heavy atom. The minimum Gasteiger partial charge on any atom is -0.490 e. The molecule has 0 saturated carbocycles. The maximum atomic E-state index is 13.4. The summed E-state index contributed by atoms with van der Waals surface area (Å²) in [6.07, 6.45) is 1.50. The Labute approximate surface area is 167 Å². The van der Waals surface area contributed by atoms with Gasteiger partial charge in [-0.1, -0.05) is 41.6 Å². The highest BCUT2D eigenvalue weighted by molar-refractivity contribution is 8.27. The first-order chi connectivity index (χ1) is 12.8. The molecule has 2 aromatic carbocycles. The van der Waals surface area contributed by atoms with Gasteiger partial charge in [-0.25, -0.2) is 4.39 Å². The number of hydrogen-bond acceptors (Lipinski definition) is 6. The van der Waals surface area contributed by atoms with Crippen molar-refractivity contribution < 1.29 is 18.8 Å². The van der Waals surface area contributed by atoms with Crippen LogP contribution in [0.2, 0.25) is 5.02 Å². The van der Waals surface area contributed by atoms with E-state index >= 15 is 0 Å². The van der Waals surface area contributed by atoms with Gasteiger partial charge in [-0.2, -0.15) is 0 Å². The van der Waals surface area contributed by atoms with Crippen molar-refractivity contribution in [3.63, 3.8) is 0 Å². The third-order valence-corrected chi connectivity index (χ3v) is 5.24. The fraction of sp³-hybridized carbons (Fsp3) is 0.0588. The molecule has 2 aromatic rings. The standard InChI is InChI=1S/C17H10ClFN2O4S2/c1-25-14-5-2-9(6-13(14)21(23)24)7-15-16(22)20(17(26)27-15)10-3-4-12(19)11(18)8-10/h2-8H,1H3/b15-7+. The molecule has 1 aliphatic rings. The van der Waals surface area contributed by atoms with E-state index in [1.165, 1.54) is 42.4 Å². The minimum atomic E-state index is -0.605. The van der Waals surface area contributed by atoms with E-state index in [1.54, 1.807) is 6.07 Å². The molecule has 0 atom stereocenters. The van der Waals surface area contributed by atoms with Crippen LogP contribution in [0.5, 0.6) is 5.75 Å². The van der Waals surface area contributed by atoms with Crippen LogP contribution < -0.4 is 9.64 Å². The lowest BCUT2D eigenvalue weighted by molar-refractivity contribution is -0.385. The Balaban J connectivity index is 1.96. The van der Waals surface area contributed by atoms with Crippen molar-refractivity contribution >= 4 is 63.3 Å². The predicted molar refractivity (Wildman–Crippen MR) is 107 cm³/mol. The second kappa shape index (κ2) is 7.63. The molecule has 1 aliphatic heterocycles. The number of halogens is 2. The van der Waals surface area contributed by atoms with E-state index in [2.05, 4.69) is 0 Å². The van der Waals surface area contributed by atoms with Gasteiger partial charge in [0, 0.05) is 6.07 Å². The first-order valence-corrected chi connectivity index (χ1v) is 8.97. The molecule has 1 amide bonds. The van der Waals surface area contributed by atoms with Crippen molar-refractivity contribution in [3.8, 4) is 5.75 Å². The average molecular weight is 425 g/mol. The minimum absolute atomic E-state index is 0.116. The van der Waals surface area contributed by atoms with Crippen molar-refractivity contribution in [1.82, 2.24) is 0 Å². The lowest BCUT2D eigenvalue weighted by Gasteiger charge is -2.14. The zero-order chi connectivity index (χ0) is 19.7. The fourth-order valence-electron chi connectivity index (χ4n) is 2.41. The molecule has 3 rings (SSSR count). The highest BCUT2D eigenvalue weighted by atomic mass is 35.5. The number of ether oxygens (including phenoxy) is 1. The number of anilines is 1. The van der Waals surface area contributed by atoms with Gasteiger partial charge in [0.05, 0.1) is 27.6 Å². The maximum Gasteiger partial charge on any atom is 0.311 e. The van der Waals surface area contributed by atoms with Crippen LogP contribution in [0.3, 0.4) is 0 Å². The molecule has 10 heteroatoms. The molecule has 0 radical (unpaired) electrons. The quantitative estimate of drug-likeness (QED) is 0.304. The van der Waals surface area contributed by atoms with Crippen LogP contribution in [-0.2, 0) is 4.79 Å². The van der Waals surface area contributed by atoms with E-state index in [1.807, 2.05) is 0 Å². The third kappa shape index (κ3) is 3.80. The summed E-state index contributed by atoms with van der Waals surface area (Å²) in [4.78, 5) is 24.8. The van der Waals surface area contributed by atoms with E-state index in [0.717, 1.165) is 17.8 Å². The average Bonchev–Trinajstić information content (AvgIpc) is 2.91. The maximum absolute atomic E-state index is 13.4. The Morgan fingerprint density at radius 2 is 2.07 bits per heavy atom. The summed E-state index contributed by atoms with van der Waals surface area (Å²) < 4.78 is 18.6. The number of rotatable bonds is 4. The zero-order valence-electron chi connectivity index (χ0n) is 13.6. The van der Waals surface area contributed by atoms with Gasteiger partial charge in [-0.15, -0.1) is 0 Å². The number of thioether (sulfide) groups is 1. The topological polar surface area (TPSA) is 72.7 Å². The smallest absolute Gasteiger partial charge is 0.311 e. The van der Waals surface area contributed by atoms with Gasteiger partial charge in [-0.05, 0) is 35.9 Å². The second-order valence-electron chi connectivity index (χ2n) is 5.30. The predicted octanol–water partition coefficient (Wildman–Crippen LogP) is 4.80. The van der Waals surface area contributed by atoms with Crippen LogP contribution in [0.25, 0.3) is 6.08 Å². The van der Waals surface area contributed by atoms with Crippen LogP contribution in [-0.4, -0.2) is 22.3 Å². The van der Waals surface area contributed by atoms with Crippen LogP contribution in [0.1, 0.15) is 5.56 Å². The number of nitro benzene ring substituents is 1. The van der Waals surface area contributed by atoms with E-state index < -0.39 is 16.6 Å². The Bertz CT molecular complexity index is 1010. The summed E-state index contributed by atoms with van der Waals surface area (Å²) in [5, 5.41) is 11.0. The second-order valence-corrected chi connectivity index (χ2v) is 7.39. The number of carbonyl (C=O) groups is 1. The van der Waals surface area contributed by atoms with E-state index in [-0.39, 0.29) is 25.7 Å². The molecule has 0 N–H and O–H groups in total. The summed E-state index contributed by atoms with van der Waals surface area (Å²) in [7, 11) is 1.33. The third-order valence-electron chi connectivity index (χ3n) is 3.65. The molecule has 0 aliphatic carbocycles.